The van der Waals surface area contributed by atoms with E-state index in [0.29, 0.717) is 0 Å². The Bertz CT molecular complexity index is 638. The molecule has 2 aromatic rings. The summed E-state index contributed by atoms with van der Waals surface area (Å²) >= 11 is 0. The quantitative estimate of drug-likeness (QED) is 0.928. The second-order valence-electron chi connectivity index (χ2n) is 5.11. The van der Waals surface area contributed by atoms with Gasteiger partial charge in [0.2, 0.25) is 0 Å². The molecule has 1 heterocycles. The molecule has 2 nitrogen and oxygen atoms in total. The van der Waals surface area contributed by atoms with E-state index in [-0.39, 0.29) is 24.1 Å². The lowest BCUT2D eigenvalue weighted by molar-refractivity contribution is -0.120. The number of carbonyl (C=O) groups excluding carboxylic acids is 1. The van der Waals surface area contributed by atoms with Crippen LogP contribution in [0.2, 0.25) is 0 Å². The molecule has 1 unspecified atom stereocenters. The van der Waals surface area contributed by atoms with Gasteiger partial charge in [0.25, 0.3) is 0 Å². The second kappa shape index (κ2) is 5.55. The summed E-state index contributed by atoms with van der Waals surface area (Å²) in [4.78, 5) is 12.5. The van der Waals surface area contributed by atoms with Crippen molar-refractivity contribution in [2.75, 3.05) is 6.54 Å². The molecule has 102 valence electrons. The maximum Gasteiger partial charge on any atom is 0.158 e. The largest absolute Gasteiger partial charge is 0.303 e. The molecule has 0 bridgehead atoms. The molecule has 3 rings (SSSR count). The molecule has 0 aliphatic carbocycles. The summed E-state index contributed by atoms with van der Waals surface area (Å²) in [6, 6.07) is 14.0. The zero-order valence-corrected chi connectivity index (χ0v) is 11.1. The molecule has 1 N–H and O–H groups in total. The molecule has 2 aromatic carbocycles. The van der Waals surface area contributed by atoms with E-state index >= 15 is 0 Å². The Hall–Kier alpha value is -2.00. The first-order valence-corrected chi connectivity index (χ1v) is 6.82. The highest BCUT2D eigenvalue weighted by molar-refractivity contribution is 5.87. The normalized spacial score (nSPS) is 17.6. The fourth-order valence-electron chi connectivity index (χ4n) is 2.74. The molecule has 0 radical (unpaired) electrons. The molecule has 0 spiro atoms. The van der Waals surface area contributed by atoms with Gasteiger partial charge in [-0.15, -0.1) is 0 Å². The van der Waals surface area contributed by atoms with Crippen molar-refractivity contribution in [3.05, 3.63) is 71.0 Å². The van der Waals surface area contributed by atoms with E-state index in [1.54, 1.807) is 12.1 Å². The summed E-state index contributed by atoms with van der Waals surface area (Å²) in [7, 11) is 0. The van der Waals surface area contributed by atoms with Crippen LogP contribution in [0.1, 0.15) is 22.7 Å². The fraction of sp³-hybridized carbons (Fsp3) is 0.235. The lowest BCUT2D eigenvalue weighted by atomic mass is 9.90. The molecule has 0 aromatic heterocycles. The van der Waals surface area contributed by atoms with Crippen molar-refractivity contribution in [3.63, 3.8) is 0 Å². The standard InChI is InChI=1S/C17H16FNO/c18-14-6-3-4-12(10-14)11-16(20)17-15-7-2-1-5-13(15)8-9-19-17/h1-7,10,17,19H,8-9,11H2. The number of carbonyl (C=O) groups is 1. The monoisotopic (exact) mass is 269 g/mol. The molecule has 0 saturated heterocycles. The van der Waals surface area contributed by atoms with Gasteiger partial charge in [0, 0.05) is 13.0 Å². The van der Waals surface area contributed by atoms with Crippen LogP contribution >= 0.6 is 0 Å². The van der Waals surface area contributed by atoms with Crippen LogP contribution in [0.15, 0.2) is 48.5 Å². The highest BCUT2D eigenvalue weighted by Gasteiger charge is 2.25. The summed E-state index contributed by atoms with van der Waals surface area (Å²) in [6.45, 7) is 0.802. The smallest absolute Gasteiger partial charge is 0.158 e. The number of hydrogen-bond acceptors (Lipinski definition) is 2. The van der Waals surface area contributed by atoms with Crippen LogP contribution in [0.4, 0.5) is 4.39 Å². The Morgan fingerprint density at radius 3 is 2.90 bits per heavy atom. The van der Waals surface area contributed by atoms with E-state index in [4.69, 9.17) is 0 Å². The Morgan fingerprint density at radius 1 is 1.20 bits per heavy atom. The highest BCUT2D eigenvalue weighted by Crippen LogP contribution is 2.24. The fourth-order valence-corrected chi connectivity index (χ4v) is 2.74. The summed E-state index contributed by atoms with van der Waals surface area (Å²) in [5.74, 6) is -0.213. The first-order valence-electron chi connectivity index (χ1n) is 6.82. The minimum atomic E-state index is -0.299. The zero-order valence-electron chi connectivity index (χ0n) is 11.1. The molecule has 3 heteroatoms. The first-order chi connectivity index (χ1) is 9.74. The Morgan fingerprint density at radius 2 is 2.05 bits per heavy atom. The van der Waals surface area contributed by atoms with Crippen molar-refractivity contribution in [2.45, 2.75) is 18.9 Å². The van der Waals surface area contributed by atoms with Gasteiger partial charge in [-0.1, -0.05) is 36.4 Å². The van der Waals surface area contributed by atoms with E-state index in [1.807, 2.05) is 18.2 Å². The van der Waals surface area contributed by atoms with E-state index in [9.17, 15) is 9.18 Å². The number of ketones is 1. The minimum Gasteiger partial charge on any atom is -0.303 e. The minimum absolute atomic E-state index is 0.0859. The van der Waals surface area contributed by atoms with Gasteiger partial charge in [0.1, 0.15) is 5.82 Å². The topological polar surface area (TPSA) is 29.1 Å². The van der Waals surface area contributed by atoms with Crippen molar-refractivity contribution >= 4 is 5.78 Å². The highest BCUT2D eigenvalue weighted by atomic mass is 19.1. The molecule has 1 aliphatic rings. The zero-order chi connectivity index (χ0) is 13.9. The number of nitrogens with one attached hydrogen (secondary N) is 1. The molecular formula is C17H16FNO. The van der Waals surface area contributed by atoms with E-state index in [1.165, 1.54) is 17.7 Å². The predicted molar refractivity (Wildman–Crippen MR) is 76.0 cm³/mol. The van der Waals surface area contributed by atoms with Crippen LogP contribution in [0.25, 0.3) is 0 Å². The van der Waals surface area contributed by atoms with Crippen LogP contribution < -0.4 is 5.32 Å². The third-order valence-electron chi connectivity index (χ3n) is 3.70. The van der Waals surface area contributed by atoms with Crippen LogP contribution in [0.3, 0.4) is 0 Å². The van der Waals surface area contributed by atoms with Gasteiger partial charge in [0.15, 0.2) is 5.78 Å². The molecular weight excluding hydrogens is 253 g/mol. The molecule has 1 atom stereocenters. The van der Waals surface area contributed by atoms with Crippen molar-refractivity contribution in [3.8, 4) is 0 Å². The molecule has 20 heavy (non-hydrogen) atoms. The molecule has 1 aliphatic heterocycles. The van der Waals surface area contributed by atoms with Crippen LogP contribution in [0.5, 0.6) is 0 Å². The Kier molecular flexibility index (Phi) is 3.61. The Balaban J connectivity index is 1.82. The second-order valence-corrected chi connectivity index (χ2v) is 5.11. The van der Waals surface area contributed by atoms with Crippen molar-refractivity contribution in [1.82, 2.24) is 5.32 Å². The number of hydrogen-bond donors (Lipinski definition) is 1. The van der Waals surface area contributed by atoms with E-state index < -0.39 is 0 Å². The number of fused-ring (bicyclic) bond motifs is 1. The average Bonchev–Trinajstić information content (AvgIpc) is 2.46. The van der Waals surface area contributed by atoms with Crippen molar-refractivity contribution in [2.24, 2.45) is 0 Å². The first kappa shape index (κ1) is 13.0. The Labute approximate surface area is 117 Å². The average molecular weight is 269 g/mol. The van der Waals surface area contributed by atoms with Crippen LogP contribution in [0, 0.1) is 5.82 Å². The lowest BCUT2D eigenvalue weighted by Crippen LogP contribution is -2.35. The van der Waals surface area contributed by atoms with Crippen LogP contribution in [-0.4, -0.2) is 12.3 Å². The SMILES string of the molecule is O=C(Cc1cccc(F)c1)C1NCCc2ccccc21. The number of rotatable bonds is 3. The molecule has 0 amide bonds. The summed E-state index contributed by atoms with van der Waals surface area (Å²) < 4.78 is 13.2. The third kappa shape index (κ3) is 2.63. The molecule has 0 saturated carbocycles. The third-order valence-corrected chi connectivity index (χ3v) is 3.70. The van der Waals surface area contributed by atoms with Gasteiger partial charge in [-0.25, -0.2) is 4.39 Å². The van der Waals surface area contributed by atoms with Gasteiger partial charge >= 0.3 is 0 Å². The number of Topliss-reactive ketones (excluding diaryl/α,β-unsaturated/α-hetero) is 1. The maximum atomic E-state index is 13.2. The van der Waals surface area contributed by atoms with Gasteiger partial charge in [-0.2, -0.15) is 0 Å². The van der Waals surface area contributed by atoms with E-state index in [0.717, 1.165) is 24.1 Å². The van der Waals surface area contributed by atoms with Crippen molar-refractivity contribution in [1.29, 1.82) is 0 Å². The predicted octanol–water partition coefficient (Wildman–Crippen LogP) is 2.82. The number of halogens is 1. The summed E-state index contributed by atoms with van der Waals surface area (Å²) in [5, 5.41) is 3.27. The van der Waals surface area contributed by atoms with Crippen LogP contribution in [-0.2, 0) is 17.6 Å². The van der Waals surface area contributed by atoms with Gasteiger partial charge in [-0.3, -0.25) is 4.79 Å². The number of benzene rings is 2. The van der Waals surface area contributed by atoms with E-state index in [2.05, 4.69) is 11.4 Å². The summed E-state index contributed by atoms with van der Waals surface area (Å²) in [6.07, 6.45) is 1.20. The maximum absolute atomic E-state index is 13.2. The van der Waals surface area contributed by atoms with Crippen molar-refractivity contribution < 1.29 is 9.18 Å². The van der Waals surface area contributed by atoms with Gasteiger partial charge < -0.3 is 5.32 Å². The lowest BCUT2D eigenvalue weighted by Gasteiger charge is -2.25. The van der Waals surface area contributed by atoms with Gasteiger partial charge in [-0.05, 0) is 35.2 Å². The summed E-state index contributed by atoms with van der Waals surface area (Å²) in [5.41, 5.74) is 3.00. The molecule has 0 fully saturated rings. The van der Waals surface area contributed by atoms with Gasteiger partial charge in [0.05, 0.1) is 6.04 Å².